The monoisotopic (exact) mass is 715 g/mol. The molecule has 0 radical (unpaired) electrons. The van der Waals surface area contributed by atoms with Gasteiger partial charge < -0.3 is 84.1 Å². The summed E-state index contributed by atoms with van der Waals surface area (Å²) in [6, 6.07) is -0.550. The van der Waals surface area contributed by atoms with Gasteiger partial charge in [0.15, 0.2) is 18.9 Å². The zero-order valence-electron chi connectivity index (χ0n) is 27.4. The first-order valence-corrected chi connectivity index (χ1v) is 19.4. The van der Waals surface area contributed by atoms with Gasteiger partial charge >= 0.3 is 5.97 Å². The zero-order valence-corrected chi connectivity index (χ0v) is 28.4. The topological polar surface area (TPSA) is 282 Å². The lowest BCUT2D eigenvalue weighted by Crippen LogP contribution is -2.74. The van der Waals surface area contributed by atoms with E-state index in [2.05, 4.69) is 25.0 Å². The fourth-order valence-electron chi connectivity index (χ4n) is 6.00. The molecule has 4 rings (SSSR count). The van der Waals surface area contributed by atoms with Gasteiger partial charge in [-0.15, -0.1) is 0 Å². The van der Waals surface area contributed by atoms with E-state index in [1.165, 1.54) is 13.8 Å². The van der Waals surface area contributed by atoms with Gasteiger partial charge in [-0.25, -0.2) is 4.79 Å². The Morgan fingerprint density at radius 1 is 0.875 bits per heavy atom. The van der Waals surface area contributed by atoms with Crippen LogP contribution in [0.2, 0.25) is 25.7 Å². The fraction of sp³-hybridized carbons (Fsp3) is 0.929. The maximum Gasteiger partial charge on any atom is 0.361 e. The number of amides is 1. The van der Waals surface area contributed by atoms with Crippen molar-refractivity contribution >= 4 is 20.0 Å². The summed E-state index contributed by atoms with van der Waals surface area (Å²) in [5.41, 5.74) is -2.21. The quantitative estimate of drug-likeness (QED) is 0.0866. The van der Waals surface area contributed by atoms with Crippen LogP contribution in [-0.4, -0.2) is 185 Å². The number of carboxylic acids is 1. The lowest BCUT2D eigenvalue weighted by Gasteiger charge is -2.54. The van der Waals surface area contributed by atoms with Crippen LogP contribution in [0.15, 0.2) is 0 Å². The summed E-state index contributed by atoms with van der Waals surface area (Å²) < 4.78 is 46.2. The van der Waals surface area contributed by atoms with Crippen LogP contribution >= 0.6 is 0 Å². The van der Waals surface area contributed by atoms with Crippen LogP contribution in [-0.2, 0) is 47.5 Å². The molecule has 0 spiro atoms. The van der Waals surface area contributed by atoms with Crippen LogP contribution in [0.25, 0.3) is 0 Å². The first-order chi connectivity index (χ1) is 22.4. The molecule has 4 aliphatic rings. The van der Waals surface area contributed by atoms with Crippen molar-refractivity contribution in [2.24, 2.45) is 0 Å². The van der Waals surface area contributed by atoms with Gasteiger partial charge in [0, 0.05) is 21.6 Å². The van der Waals surface area contributed by atoms with Gasteiger partial charge in [0.05, 0.1) is 25.9 Å². The second kappa shape index (κ2) is 15.8. The number of aliphatic hydroxyl groups excluding tert-OH is 6. The van der Waals surface area contributed by atoms with Crippen LogP contribution in [0.3, 0.4) is 0 Å². The van der Waals surface area contributed by atoms with Crippen molar-refractivity contribution < 1.29 is 88.3 Å². The van der Waals surface area contributed by atoms with Crippen LogP contribution in [0.5, 0.6) is 0 Å². The fourth-order valence-corrected chi connectivity index (χ4v) is 6.73. The van der Waals surface area contributed by atoms with Crippen molar-refractivity contribution in [3.8, 4) is 0 Å². The van der Waals surface area contributed by atoms with Crippen molar-refractivity contribution in [3.63, 3.8) is 0 Å². The Kier molecular flexibility index (Phi) is 13.0. The number of hydrogen-bond donors (Lipinski definition) is 9. The Bertz CT molecular complexity index is 1100. The summed E-state index contributed by atoms with van der Waals surface area (Å²) in [4.78, 5) is 24.1. The van der Waals surface area contributed by atoms with E-state index in [4.69, 9.17) is 37.9 Å². The first kappa shape index (κ1) is 39.3. The molecule has 0 saturated carbocycles. The normalized spacial score (nSPS) is 45.3. The third-order valence-corrected chi connectivity index (χ3v) is 10.5. The van der Waals surface area contributed by atoms with E-state index in [1.807, 2.05) is 0 Å². The van der Waals surface area contributed by atoms with Crippen molar-refractivity contribution in [2.45, 2.75) is 137 Å². The molecule has 0 aromatic heterocycles. The highest BCUT2D eigenvalue weighted by molar-refractivity contribution is 6.76. The molecule has 4 fully saturated rings. The summed E-state index contributed by atoms with van der Waals surface area (Å²) in [5.74, 6) is -2.12. The van der Waals surface area contributed by atoms with E-state index in [9.17, 15) is 50.4 Å². The van der Waals surface area contributed by atoms with Gasteiger partial charge in [-0.1, -0.05) is 19.6 Å². The Balaban J connectivity index is 1.70. The summed E-state index contributed by atoms with van der Waals surface area (Å²) in [6.07, 6.45) is -22.1. The minimum absolute atomic E-state index is 0.199. The van der Waals surface area contributed by atoms with Gasteiger partial charge in [0.25, 0.3) is 6.29 Å². The van der Waals surface area contributed by atoms with E-state index in [1.54, 1.807) is 0 Å². The number of fused-ring (bicyclic) bond motifs is 1. The SMILES string of the molecule is CC(=O)N[C@H]1[C@H](OCC[Si](C)(C)C)O[C@H](CO)[C@@H](O[C@@H]2O[C@H](CO)[C@@]3(O)CO[C@H](C(=O)O)O[C@@H]3[C@H]2O)[C@@H]1O[C@@H]1O[C@@H](C)[C@@H](O)[C@@H](O)[C@@H]1O. The maximum absolute atomic E-state index is 12.5. The summed E-state index contributed by atoms with van der Waals surface area (Å²) in [5, 5.41) is 86.7. The highest BCUT2D eigenvalue weighted by Gasteiger charge is 2.62. The second-order valence-corrected chi connectivity index (χ2v) is 19.3. The number of carbonyl (C=O) groups excluding carboxylic acids is 1. The van der Waals surface area contributed by atoms with Gasteiger partial charge in [-0.2, -0.15) is 0 Å². The van der Waals surface area contributed by atoms with Crippen molar-refractivity contribution in [1.82, 2.24) is 5.32 Å². The van der Waals surface area contributed by atoms with E-state index >= 15 is 0 Å². The maximum atomic E-state index is 12.5. The molecule has 4 saturated heterocycles. The average Bonchev–Trinajstić information content (AvgIpc) is 3.01. The van der Waals surface area contributed by atoms with Crippen LogP contribution in [0.4, 0.5) is 0 Å². The molecule has 0 aromatic rings. The van der Waals surface area contributed by atoms with E-state index < -0.39 is 138 Å². The zero-order chi connectivity index (χ0) is 35.7. The minimum atomic E-state index is -2.21. The molecular formula is C28H49NO18Si. The van der Waals surface area contributed by atoms with E-state index in [-0.39, 0.29) is 6.61 Å². The number of carboxylic acid groups (broad SMARTS) is 1. The summed E-state index contributed by atoms with van der Waals surface area (Å²) >= 11 is 0. The number of aliphatic hydroxyl groups is 7. The Morgan fingerprint density at radius 2 is 1.52 bits per heavy atom. The Hall–Kier alpha value is -1.44. The molecule has 9 N–H and O–H groups in total. The number of aliphatic carboxylic acids is 1. The molecule has 48 heavy (non-hydrogen) atoms. The second-order valence-electron chi connectivity index (χ2n) is 13.7. The molecule has 0 unspecified atom stereocenters. The molecule has 4 aliphatic heterocycles. The van der Waals surface area contributed by atoms with Crippen LogP contribution in [0, 0.1) is 0 Å². The van der Waals surface area contributed by atoms with Crippen LogP contribution < -0.4 is 5.32 Å². The molecule has 278 valence electrons. The van der Waals surface area contributed by atoms with Crippen molar-refractivity contribution in [1.29, 1.82) is 0 Å². The molecule has 16 atom stereocenters. The third-order valence-electron chi connectivity index (χ3n) is 8.76. The molecule has 1 amide bonds. The Labute approximate surface area is 277 Å². The molecule has 4 heterocycles. The summed E-state index contributed by atoms with van der Waals surface area (Å²) in [7, 11) is -1.62. The van der Waals surface area contributed by atoms with Gasteiger partial charge in [-0.05, 0) is 13.0 Å². The number of nitrogens with one attached hydrogen (secondary N) is 1. The van der Waals surface area contributed by atoms with Crippen LogP contribution in [0.1, 0.15) is 13.8 Å². The molecule has 19 nitrogen and oxygen atoms in total. The van der Waals surface area contributed by atoms with Gasteiger partial charge in [-0.3, -0.25) is 4.79 Å². The van der Waals surface area contributed by atoms with E-state index in [0.29, 0.717) is 6.04 Å². The highest BCUT2D eigenvalue weighted by Crippen LogP contribution is 2.39. The smallest absolute Gasteiger partial charge is 0.361 e. The number of hydrogen-bond acceptors (Lipinski definition) is 17. The lowest BCUT2D eigenvalue weighted by atomic mass is 9.84. The molecule has 0 bridgehead atoms. The lowest BCUT2D eigenvalue weighted by molar-refractivity contribution is -0.408. The molecule has 0 aromatic carbocycles. The predicted molar refractivity (Wildman–Crippen MR) is 159 cm³/mol. The summed E-state index contributed by atoms with van der Waals surface area (Å²) in [6.45, 7) is 6.91. The van der Waals surface area contributed by atoms with Gasteiger partial charge in [0.2, 0.25) is 5.91 Å². The molecule has 20 heteroatoms. The number of carbonyl (C=O) groups is 2. The standard InChI is InChI=1S/C28H49NO18Si/c1-11-16(33)17(34)18(35)25(42-11)46-21-15(29-12(2)32)24(40-6-7-48(3,4)5)43-13(8-30)20(21)45-26-19(36)22-28(39,14(9-31)44-26)10-41-27(47-22)23(37)38/h11,13-22,24-27,30-31,33-36,39H,6-10H2,1-5H3,(H,29,32)(H,37,38)/t11-,13+,14+,15+,16+,17+,18-,19+,20+,21+,22+,24+,25-,26-,27-,28-/m0/s1. The van der Waals surface area contributed by atoms with E-state index in [0.717, 1.165) is 0 Å². The van der Waals surface area contributed by atoms with Crippen molar-refractivity contribution in [3.05, 3.63) is 0 Å². The number of ether oxygens (including phenoxy) is 8. The minimum Gasteiger partial charge on any atom is -0.477 e. The molecular weight excluding hydrogens is 666 g/mol. The third kappa shape index (κ3) is 8.53. The van der Waals surface area contributed by atoms with Crippen molar-refractivity contribution in [2.75, 3.05) is 26.4 Å². The highest BCUT2D eigenvalue weighted by atomic mass is 28.3. The molecule has 0 aliphatic carbocycles. The Morgan fingerprint density at radius 3 is 2.10 bits per heavy atom. The predicted octanol–water partition coefficient (Wildman–Crippen LogP) is -4.20. The first-order valence-electron chi connectivity index (χ1n) is 15.7. The number of rotatable bonds is 12. The van der Waals surface area contributed by atoms with Gasteiger partial charge in [0.1, 0.15) is 66.6 Å². The average molecular weight is 716 g/mol. The largest absolute Gasteiger partial charge is 0.477 e.